The monoisotopic (exact) mass is 334 g/mol. The molecule has 3 rings (SSSR count). The van der Waals surface area contributed by atoms with Crippen molar-refractivity contribution in [1.82, 2.24) is 14.3 Å². The molecule has 1 N–H and O–H groups in total. The highest BCUT2D eigenvalue weighted by atomic mass is 32.1. The summed E-state index contributed by atoms with van der Waals surface area (Å²) in [5, 5.41) is 13.4. The fourth-order valence-corrected chi connectivity index (χ4v) is 2.38. The molecule has 0 aliphatic heterocycles. The topological polar surface area (TPSA) is 104 Å². The summed E-state index contributed by atoms with van der Waals surface area (Å²) in [6.45, 7) is 0. The van der Waals surface area contributed by atoms with E-state index < -0.39 is 5.78 Å². The zero-order valence-corrected chi connectivity index (χ0v) is 13.1. The fourth-order valence-electron chi connectivity index (χ4n) is 1.84. The van der Waals surface area contributed by atoms with Crippen molar-refractivity contribution in [2.24, 2.45) is 5.10 Å². The highest BCUT2D eigenvalue weighted by molar-refractivity contribution is 7.09. The van der Waals surface area contributed by atoms with Gasteiger partial charge in [0.05, 0.1) is 0 Å². The lowest BCUT2D eigenvalue weighted by Gasteiger charge is -1.98. The molecule has 7 nitrogen and oxygen atoms in total. The van der Waals surface area contributed by atoms with Crippen LogP contribution in [0.3, 0.4) is 0 Å². The van der Waals surface area contributed by atoms with Gasteiger partial charge in [0.25, 0.3) is 0 Å². The second-order valence-electron chi connectivity index (χ2n) is 4.54. The predicted octanol–water partition coefficient (Wildman–Crippen LogP) is 2.77. The Morgan fingerprint density at radius 3 is 2.62 bits per heavy atom. The quantitative estimate of drug-likeness (QED) is 0.437. The molecule has 116 valence electrons. The number of aromatic nitrogens is 3. The van der Waals surface area contributed by atoms with Gasteiger partial charge in [0, 0.05) is 35.1 Å². The number of nitrogens with one attached hydrogen (secondary N) is 1. The molecular formula is C16H10N6OS. The largest absolute Gasteiger partial charge is 0.286 e. The van der Waals surface area contributed by atoms with E-state index in [2.05, 4.69) is 24.9 Å². The average Bonchev–Trinajstić information content (AvgIpc) is 3.12. The Morgan fingerprint density at radius 1 is 1.17 bits per heavy atom. The van der Waals surface area contributed by atoms with Gasteiger partial charge in [-0.15, -0.1) is 0 Å². The molecule has 8 heteroatoms. The van der Waals surface area contributed by atoms with Crippen LogP contribution in [0.15, 0.2) is 60.0 Å². The number of anilines is 1. The molecule has 0 spiro atoms. The summed E-state index contributed by atoms with van der Waals surface area (Å²) in [5.41, 5.74) is 3.56. The van der Waals surface area contributed by atoms with Gasteiger partial charge in [0.15, 0.2) is 5.82 Å². The minimum absolute atomic E-state index is 0.266. The zero-order chi connectivity index (χ0) is 16.8. The van der Waals surface area contributed by atoms with Crippen molar-refractivity contribution in [3.05, 3.63) is 60.4 Å². The van der Waals surface area contributed by atoms with E-state index in [0.29, 0.717) is 16.5 Å². The lowest BCUT2D eigenvalue weighted by atomic mass is 10.1. The molecule has 0 amide bonds. The van der Waals surface area contributed by atoms with Crippen LogP contribution < -0.4 is 5.43 Å². The maximum atomic E-state index is 12.2. The fraction of sp³-hybridized carbons (Fsp3) is 0. The summed E-state index contributed by atoms with van der Waals surface area (Å²) >= 11 is 1.09. The number of hydrogen-bond acceptors (Lipinski definition) is 8. The lowest BCUT2D eigenvalue weighted by molar-refractivity contribution is 0.106. The van der Waals surface area contributed by atoms with Gasteiger partial charge in [-0.1, -0.05) is 30.3 Å². The van der Waals surface area contributed by atoms with E-state index in [9.17, 15) is 4.79 Å². The van der Waals surface area contributed by atoms with Gasteiger partial charge < -0.3 is 0 Å². The smallest absolute Gasteiger partial charge is 0.224 e. The number of nitriles is 1. The molecule has 0 saturated heterocycles. The molecule has 0 radical (unpaired) electrons. The van der Waals surface area contributed by atoms with Gasteiger partial charge in [-0.2, -0.15) is 19.7 Å². The highest BCUT2D eigenvalue weighted by Crippen LogP contribution is 2.20. The Kier molecular flexibility index (Phi) is 4.65. The first-order valence-corrected chi connectivity index (χ1v) is 7.63. The van der Waals surface area contributed by atoms with Crippen LogP contribution in [0.25, 0.3) is 11.4 Å². The summed E-state index contributed by atoms with van der Waals surface area (Å²) in [6, 6.07) is 14.3. The summed E-state index contributed by atoms with van der Waals surface area (Å²) in [6.07, 6.45) is 2.96. The number of carbonyl (C=O) groups is 1. The molecule has 0 saturated carbocycles. The van der Waals surface area contributed by atoms with Crippen LogP contribution in [0.2, 0.25) is 0 Å². The van der Waals surface area contributed by atoms with Gasteiger partial charge in [-0.3, -0.25) is 9.78 Å². The third-order valence-electron chi connectivity index (χ3n) is 2.98. The molecule has 0 atom stereocenters. The van der Waals surface area contributed by atoms with E-state index in [1.165, 1.54) is 24.5 Å². The normalized spacial score (nSPS) is 10.9. The minimum atomic E-state index is -0.486. The van der Waals surface area contributed by atoms with Crippen molar-refractivity contribution in [3.63, 3.8) is 0 Å². The molecule has 2 aromatic heterocycles. The molecule has 3 aromatic rings. The van der Waals surface area contributed by atoms with Gasteiger partial charge in [-0.05, 0) is 12.1 Å². The van der Waals surface area contributed by atoms with E-state index in [0.717, 1.165) is 17.1 Å². The molecule has 0 fully saturated rings. The van der Waals surface area contributed by atoms with Crippen molar-refractivity contribution < 1.29 is 4.79 Å². The van der Waals surface area contributed by atoms with Gasteiger partial charge >= 0.3 is 0 Å². The Hall–Kier alpha value is -3.44. The molecule has 24 heavy (non-hydrogen) atoms. The number of nitrogens with zero attached hydrogens (tertiary/aromatic N) is 5. The van der Waals surface area contributed by atoms with Gasteiger partial charge in [0.1, 0.15) is 6.07 Å². The third kappa shape index (κ3) is 3.48. The van der Waals surface area contributed by atoms with Crippen LogP contribution in [-0.2, 0) is 0 Å². The number of Topliss-reactive ketones (excluding diaryl/α,β-unsaturated/α-hetero) is 1. The molecule has 1 aromatic carbocycles. The van der Waals surface area contributed by atoms with Crippen LogP contribution in [0, 0.1) is 11.3 Å². The van der Waals surface area contributed by atoms with E-state index in [1.54, 1.807) is 6.07 Å². The number of hydrogen-bond donors (Lipinski definition) is 1. The molecule has 0 bridgehead atoms. The van der Waals surface area contributed by atoms with Crippen LogP contribution in [0.5, 0.6) is 0 Å². The maximum absolute atomic E-state index is 12.2. The van der Waals surface area contributed by atoms with Crippen LogP contribution in [-0.4, -0.2) is 25.8 Å². The Balaban J connectivity index is 1.76. The van der Waals surface area contributed by atoms with Gasteiger partial charge in [0.2, 0.25) is 16.6 Å². The summed E-state index contributed by atoms with van der Waals surface area (Å²) < 4.78 is 4.22. The number of pyridine rings is 1. The van der Waals surface area contributed by atoms with Crippen molar-refractivity contribution in [2.75, 3.05) is 5.43 Å². The maximum Gasteiger partial charge on any atom is 0.224 e. The minimum Gasteiger partial charge on any atom is -0.286 e. The van der Waals surface area contributed by atoms with E-state index >= 15 is 0 Å². The number of ketones is 1. The molecule has 0 aliphatic rings. The second-order valence-corrected chi connectivity index (χ2v) is 5.29. The second kappa shape index (κ2) is 7.21. The SMILES string of the molecule is N#C/C(=N\Nc1nc(-c2ccccc2)ns1)C(=O)c1ccncc1. The molecule has 0 aliphatic carbocycles. The number of rotatable bonds is 5. The van der Waals surface area contributed by atoms with Crippen molar-refractivity contribution in [3.8, 4) is 17.5 Å². The van der Waals surface area contributed by atoms with Crippen molar-refractivity contribution in [1.29, 1.82) is 5.26 Å². The average molecular weight is 334 g/mol. The van der Waals surface area contributed by atoms with E-state index in [-0.39, 0.29) is 5.71 Å². The number of benzene rings is 1. The van der Waals surface area contributed by atoms with E-state index in [1.807, 2.05) is 30.3 Å². The Bertz CT molecular complexity index is 915. The van der Waals surface area contributed by atoms with Crippen molar-refractivity contribution in [2.45, 2.75) is 0 Å². The Labute approximate surface area is 141 Å². The first-order chi connectivity index (χ1) is 11.8. The molecular weight excluding hydrogens is 324 g/mol. The highest BCUT2D eigenvalue weighted by Gasteiger charge is 2.14. The van der Waals surface area contributed by atoms with E-state index in [4.69, 9.17) is 5.26 Å². The predicted molar refractivity (Wildman–Crippen MR) is 90.6 cm³/mol. The standard InChI is InChI=1S/C16H10N6OS/c17-10-13(14(23)11-6-8-18-9-7-11)20-21-16-19-15(22-24-16)12-4-2-1-3-5-12/h1-9H,(H,19,21,22)/b20-13+. The summed E-state index contributed by atoms with van der Waals surface area (Å²) in [4.78, 5) is 20.3. The van der Waals surface area contributed by atoms with Crippen LogP contribution >= 0.6 is 11.5 Å². The first kappa shape index (κ1) is 15.5. The summed E-state index contributed by atoms with van der Waals surface area (Å²) in [7, 11) is 0. The van der Waals surface area contributed by atoms with Gasteiger partial charge in [-0.25, -0.2) is 5.43 Å². The van der Waals surface area contributed by atoms with Crippen molar-refractivity contribution >= 4 is 28.2 Å². The lowest BCUT2D eigenvalue weighted by Crippen LogP contribution is -2.14. The number of hydrazone groups is 1. The third-order valence-corrected chi connectivity index (χ3v) is 3.60. The Morgan fingerprint density at radius 2 is 1.92 bits per heavy atom. The first-order valence-electron chi connectivity index (χ1n) is 6.85. The van der Waals surface area contributed by atoms with Crippen LogP contribution in [0.1, 0.15) is 10.4 Å². The molecule has 2 heterocycles. The van der Waals surface area contributed by atoms with Crippen LogP contribution in [0.4, 0.5) is 5.13 Å². The zero-order valence-electron chi connectivity index (χ0n) is 12.2. The summed E-state index contributed by atoms with van der Waals surface area (Å²) in [5.74, 6) is 0.0671. The molecule has 0 unspecified atom stereocenters. The number of carbonyl (C=O) groups excluding carboxylic acids is 1.